The Balaban J connectivity index is 1.80. The average Bonchev–Trinajstić information content (AvgIpc) is 3.24. The number of nitrogens with two attached hydrogens (primary N) is 1. The van der Waals surface area contributed by atoms with Gasteiger partial charge < -0.3 is 20.9 Å². The van der Waals surface area contributed by atoms with Crippen LogP contribution in [0.1, 0.15) is 23.2 Å². The highest BCUT2D eigenvalue weighted by Crippen LogP contribution is 2.37. The lowest BCUT2D eigenvalue weighted by atomic mass is 10.00. The number of hydrogen-bond donors (Lipinski definition) is 3. The lowest BCUT2D eigenvalue weighted by Gasteiger charge is -2.10. The number of nitrogens with one attached hydrogen (secondary N) is 1. The number of allylic oxidation sites excluding steroid dienone is 1. The summed E-state index contributed by atoms with van der Waals surface area (Å²) < 4.78 is 5.34. The van der Waals surface area contributed by atoms with Crippen molar-refractivity contribution in [2.24, 2.45) is 4.99 Å². The van der Waals surface area contributed by atoms with E-state index in [4.69, 9.17) is 20.6 Å². The molecule has 0 atom stereocenters. The second kappa shape index (κ2) is 8.71. The van der Waals surface area contributed by atoms with Crippen LogP contribution in [-0.4, -0.2) is 46.0 Å². The molecule has 3 aromatic rings. The minimum Gasteiger partial charge on any atom is -0.493 e. The number of nitrogen functional groups attached to an aromatic ring is 1. The molecule has 0 unspecified atom stereocenters. The van der Waals surface area contributed by atoms with Gasteiger partial charge in [-0.25, -0.2) is 15.0 Å². The Morgan fingerprint density at radius 3 is 2.73 bits per heavy atom. The summed E-state index contributed by atoms with van der Waals surface area (Å²) in [5, 5.41) is 12.1. The first kappa shape index (κ1) is 19.5. The number of aliphatic hydroxyl groups excluding tert-OH is 1. The number of aliphatic hydroxyl groups is 1. The van der Waals surface area contributed by atoms with Gasteiger partial charge in [-0.05, 0) is 17.7 Å². The van der Waals surface area contributed by atoms with Crippen molar-refractivity contribution in [3.63, 3.8) is 0 Å². The largest absolute Gasteiger partial charge is 0.493 e. The molecule has 0 bridgehead atoms. The van der Waals surface area contributed by atoms with Gasteiger partial charge in [0.2, 0.25) is 5.95 Å². The number of anilines is 2. The van der Waals surface area contributed by atoms with Crippen LogP contribution in [-0.2, 0) is 0 Å². The smallest absolute Gasteiger partial charge is 0.223 e. The summed E-state index contributed by atoms with van der Waals surface area (Å²) in [7, 11) is 1.56. The molecular formula is C22H22N6O2. The highest BCUT2D eigenvalue weighted by Gasteiger charge is 2.24. The lowest BCUT2D eigenvalue weighted by Crippen LogP contribution is -2.09. The standard InChI is InChI=1S/C22H22N6O2/c1-30-19-11-15(13-26-21(19)23)20-16(12-18(27-20)14-5-3-2-4-6-14)17-7-8-24-22(28-17)25-9-10-29/h2-8,11,13,29H,9-10,12H2,1H3,(H2,23,26)(H,24,25,28). The highest BCUT2D eigenvalue weighted by molar-refractivity contribution is 6.16. The fourth-order valence-corrected chi connectivity index (χ4v) is 3.27. The van der Waals surface area contributed by atoms with E-state index < -0.39 is 0 Å². The third-order valence-corrected chi connectivity index (χ3v) is 4.72. The SMILES string of the molecule is COc1cc(C2=C(c3ccnc(NCCO)n3)CC(c3ccccc3)=N2)cnc1N. The fraction of sp³-hybridized carbons (Fsp3) is 0.182. The lowest BCUT2D eigenvalue weighted by molar-refractivity contribution is 0.311. The second-order valence-corrected chi connectivity index (χ2v) is 6.66. The summed E-state index contributed by atoms with van der Waals surface area (Å²) in [4.78, 5) is 18.0. The summed E-state index contributed by atoms with van der Waals surface area (Å²) in [6, 6.07) is 13.7. The Morgan fingerprint density at radius 1 is 1.13 bits per heavy atom. The predicted octanol–water partition coefficient (Wildman–Crippen LogP) is 2.63. The molecule has 8 heteroatoms. The van der Waals surface area contributed by atoms with Crippen LogP contribution in [0, 0.1) is 0 Å². The van der Waals surface area contributed by atoms with E-state index in [1.54, 1.807) is 19.5 Å². The van der Waals surface area contributed by atoms with Crippen molar-refractivity contribution < 1.29 is 9.84 Å². The Bertz CT molecular complexity index is 1110. The summed E-state index contributed by atoms with van der Waals surface area (Å²) in [5.41, 5.74) is 11.2. The summed E-state index contributed by atoms with van der Waals surface area (Å²) in [5.74, 6) is 1.27. The van der Waals surface area contributed by atoms with Crippen molar-refractivity contribution in [3.8, 4) is 5.75 Å². The van der Waals surface area contributed by atoms with E-state index in [9.17, 15) is 0 Å². The molecule has 0 spiro atoms. The zero-order valence-corrected chi connectivity index (χ0v) is 16.5. The van der Waals surface area contributed by atoms with Gasteiger partial charge >= 0.3 is 0 Å². The summed E-state index contributed by atoms with van der Waals surface area (Å²) in [6.07, 6.45) is 3.99. The molecular weight excluding hydrogens is 380 g/mol. The topological polar surface area (TPSA) is 119 Å². The molecule has 152 valence electrons. The van der Waals surface area contributed by atoms with Gasteiger partial charge in [0.1, 0.15) is 0 Å². The number of hydrogen-bond acceptors (Lipinski definition) is 8. The van der Waals surface area contributed by atoms with E-state index in [1.807, 2.05) is 42.5 Å². The maximum Gasteiger partial charge on any atom is 0.223 e. The van der Waals surface area contributed by atoms with E-state index in [0.29, 0.717) is 30.5 Å². The zero-order chi connectivity index (χ0) is 20.9. The van der Waals surface area contributed by atoms with Crippen LogP contribution in [0.4, 0.5) is 11.8 Å². The van der Waals surface area contributed by atoms with Crippen LogP contribution in [0.25, 0.3) is 11.3 Å². The van der Waals surface area contributed by atoms with Crippen LogP contribution in [0.15, 0.2) is 59.9 Å². The number of aliphatic imine (C=N–C) groups is 1. The highest BCUT2D eigenvalue weighted by atomic mass is 16.5. The molecule has 0 saturated heterocycles. The quantitative estimate of drug-likeness (QED) is 0.556. The van der Waals surface area contributed by atoms with Gasteiger partial charge in [0, 0.05) is 36.5 Å². The molecule has 3 heterocycles. The third kappa shape index (κ3) is 3.99. The average molecular weight is 402 g/mol. The minimum absolute atomic E-state index is 0.000296. The monoisotopic (exact) mass is 402 g/mol. The molecule has 8 nitrogen and oxygen atoms in total. The third-order valence-electron chi connectivity index (χ3n) is 4.72. The molecule has 4 rings (SSSR count). The van der Waals surface area contributed by atoms with Gasteiger partial charge in [0.25, 0.3) is 0 Å². The first-order chi connectivity index (χ1) is 14.7. The van der Waals surface area contributed by atoms with Gasteiger partial charge in [-0.1, -0.05) is 30.3 Å². The fourth-order valence-electron chi connectivity index (χ4n) is 3.27. The molecule has 0 amide bonds. The van der Waals surface area contributed by atoms with Crippen LogP contribution in [0.3, 0.4) is 0 Å². The second-order valence-electron chi connectivity index (χ2n) is 6.66. The summed E-state index contributed by atoms with van der Waals surface area (Å²) in [6.45, 7) is 0.375. The van der Waals surface area contributed by atoms with Crippen molar-refractivity contribution in [2.45, 2.75) is 6.42 Å². The number of rotatable bonds is 7. The molecule has 1 aliphatic rings. The van der Waals surface area contributed by atoms with E-state index >= 15 is 0 Å². The molecule has 1 aliphatic heterocycles. The van der Waals surface area contributed by atoms with Gasteiger partial charge in [-0.3, -0.25) is 4.99 Å². The molecule has 0 saturated carbocycles. The molecule has 30 heavy (non-hydrogen) atoms. The minimum atomic E-state index is -0.000296. The molecule has 0 fully saturated rings. The van der Waals surface area contributed by atoms with Crippen LogP contribution in [0.5, 0.6) is 5.75 Å². The van der Waals surface area contributed by atoms with Crippen LogP contribution in [0.2, 0.25) is 0 Å². The number of benzene rings is 1. The molecule has 2 aromatic heterocycles. The Labute approximate surface area is 174 Å². The maximum absolute atomic E-state index is 9.06. The van der Waals surface area contributed by atoms with Gasteiger partial charge in [0.05, 0.1) is 30.8 Å². The number of nitrogens with zero attached hydrogens (tertiary/aromatic N) is 4. The zero-order valence-electron chi connectivity index (χ0n) is 16.5. The number of pyridine rings is 1. The van der Waals surface area contributed by atoms with E-state index in [1.165, 1.54) is 0 Å². The van der Waals surface area contributed by atoms with E-state index in [2.05, 4.69) is 20.3 Å². The van der Waals surface area contributed by atoms with Crippen molar-refractivity contribution in [2.75, 3.05) is 31.3 Å². The van der Waals surface area contributed by atoms with Crippen molar-refractivity contribution in [3.05, 3.63) is 71.7 Å². The Kier molecular flexibility index (Phi) is 5.67. The Hall–Kier alpha value is -3.78. The van der Waals surface area contributed by atoms with Crippen LogP contribution < -0.4 is 15.8 Å². The molecule has 4 N–H and O–H groups in total. The maximum atomic E-state index is 9.06. The van der Waals surface area contributed by atoms with E-state index in [-0.39, 0.29) is 6.61 Å². The number of ether oxygens (including phenoxy) is 1. The van der Waals surface area contributed by atoms with Crippen molar-refractivity contribution >= 4 is 28.7 Å². The van der Waals surface area contributed by atoms with Gasteiger partial charge in [-0.2, -0.15) is 0 Å². The Morgan fingerprint density at radius 2 is 1.97 bits per heavy atom. The van der Waals surface area contributed by atoms with Crippen molar-refractivity contribution in [1.29, 1.82) is 0 Å². The van der Waals surface area contributed by atoms with Crippen LogP contribution >= 0.6 is 0 Å². The van der Waals surface area contributed by atoms with Gasteiger partial charge in [0.15, 0.2) is 11.6 Å². The van der Waals surface area contributed by atoms with Crippen molar-refractivity contribution in [1.82, 2.24) is 15.0 Å². The number of methoxy groups -OCH3 is 1. The number of aromatic nitrogens is 3. The summed E-state index contributed by atoms with van der Waals surface area (Å²) >= 11 is 0. The molecule has 0 radical (unpaired) electrons. The predicted molar refractivity (Wildman–Crippen MR) is 117 cm³/mol. The molecule has 1 aromatic carbocycles. The first-order valence-corrected chi connectivity index (χ1v) is 9.53. The van der Waals surface area contributed by atoms with E-state index in [0.717, 1.165) is 33.8 Å². The normalized spacial score (nSPS) is 13.3. The molecule has 0 aliphatic carbocycles. The first-order valence-electron chi connectivity index (χ1n) is 9.53. The van der Waals surface area contributed by atoms with Gasteiger partial charge in [-0.15, -0.1) is 0 Å².